The molecule has 0 saturated heterocycles. The van der Waals surface area contributed by atoms with Crippen molar-refractivity contribution in [2.24, 2.45) is 0 Å². The maximum Gasteiger partial charge on any atom is 0.262 e. The fraction of sp³-hybridized carbons (Fsp3) is 0.0476. The molecule has 4 rings (SSSR count). The zero-order valence-electron chi connectivity index (χ0n) is 14.2. The van der Waals surface area contributed by atoms with Crippen LogP contribution in [-0.2, 0) is 4.79 Å². The zero-order chi connectivity index (χ0) is 18.6. The van der Waals surface area contributed by atoms with E-state index >= 15 is 0 Å². The number of benzene rings is 3. The zero-order valence-corrected chi connectivity index (χ0v) is 14.9. The predicted octanol–water partition coefficient (Wildman–Crippen LogP) is 5.17. The molecule has 1 aromatic heterocycles. The quantitative estimate of drug-likeness (QED) is 0.520. The first-order chi connectivity index (χ1) is 13.2. The van der Waals surface area contributed by atoms with Gasteiger partial charge >= 0.3 is 0 Å². The van der Waals surface area contributed by atoms with Gasteiger partial charge in [0.05, 0.1) is 0 Å². The SMILES string of the molecule is O=C(COc1ccccc1)Nc1ccc2nc(-c3cccc(Cl)c3)oc2c1. The highest BCUT2D eigenvalue weighted by molar-refractivity contribution is 6.30. The number of rotatable bonds is 5. The van der Waals surface area contributed by atoms with E-state index in [9.17, 15) is 4.79 Å². The molecule has 3 aromatic carbocycles. The minimum atomic E-state index is -0.257. The Morgan fingerprint density at radius 1 is 1.04 bits per heavy atom. The molecule has 0 atom stereocenters. The van der Waals surface area contributed by atoms with Gasteiger partial charge in [0.1, 0.15) is 11.3 Å². The maximum atomic E-state index is 12.1. The Hall–Kier alpha value is -3.31. The summed E-state index contributed by atoms with van der Waals surface area (Å²) in [6.45, 7) is -0.0772. The second-order valence-electron chi connectivity index (χ2n) is 5.86. The summed E-state index contributed by atoms with van der Waals surface area (Å²) in [6.07, 6.45) is 0. The van der Waals surface area contributed by atoms with Gasteiger partial charge in [-0.1, -0.05) is 35.9 Å². The minimum absolute atomic E-state index is 0.0772. The number of para-hydroxylation sites is 1. The summed E-state index contributed by atoms with van der Waals surface area (Å²) in [6, 6.07) is 21.8. The van der Waals surface area contributed by atoms with E-state index in [0.717, 1.165) is 5.56 Å². The van der Waals surface area contributed by atoms with Crippen LogP contribution in [0.5, 0.6) is 5.75 Å². The normalized spacial score (nSPS) is 10.7. The van der Waals surface area contributed by atoms with Crippen LogP contribution in [-0.4, -0.2) is 17.5 Å². The maximum absolute atomic E-state index is 12.1. The van der Waals surface area contributed by atoms with Gasteiger partial charge in [0.25, 0.3) is 5.91 Å². The Morgan fingerprint density at radius 3 is 2.70 bits per heavy atom. The number of halogens is 1. The van der Waals surface area contributed by atoms with Crippen molar-refractivity contribution >= 4 is 34.3 Å². The fourth-order valence-corrected chi connectivity index (χ4v) is 2.80. The van der Waals surface area contributed by atoms with Crippen molar-refractivity contribution in [2.45, 2.75) is 0 Å². The molecule has 1 amide bonds. The van der Waals surface area contributed by atoms with Gasteiger partial charge in [-0.05, 0) is 42.5 Å². The van der Waals surface area contributed by atoms with Gasteiger partial charge in [-0.3, -0.25) is 4.79 Å². The number of aromatic nitrogens is 1. The van der Waals surface area contributed by atoms with Gasteiger partial charge in [-0.15, -0.1) is 0 Å². The van der Waals surface area contributed by atoms with E-state index in [-0.39, 0.29) is 12.5 Å². The Morgan fingerprint density at radius 2 is 1.89 bits per heavy atom. The second-order valence-corrected chi connectivity index (χ2v) is 6.30. The van der Waals surface area contributed by atoms with Crippen LogP contribution >= 0.6 is 11.6 Å². The molecule has 0 fully saturated rings. The van der Waals surface area contributed by atoms with Crippen LogP contribution in [0.2, 0.25) is 5.02 Å². The molecule has 0 aliphatic rings. The largest absolute Gasteiger partial charge is 0.484 e. The van der Waals surface area contributed by atoms with Crippen molar-refractivity contribution < 1.29 is 13.9 Å². The molecule has 0 unspecified atom stereocenters. The molecule has 134 valence electrons. The molecule has 1 N–H and O–H groups in total. The number of oxazole rings is 1. The van der Waals surface area contributed by atoms with Gasteiger partial charge < -0.3 is 14.5 Å². The number of amides is 1. The first-order valence-electron chi connectivity index (χ1n) is 8.32. The molecular formula is C21H15ClN2O3. The lowest BCUT2D eigenvalue weighted by atomic mass is 10.2. The highest BCUT2D eigenvalue weighted by Gasteiger charge is 2.10. The number of carbonyl (C=O) groups is 1. The van der Waals surface area contributed by atoms with Crippen LogP contribution < -0.4 is 10.1 Å². The Kier molecular flexibility index (Phi) is 4.77. The van der Waals surface area contributed by atoms with Crippen LogP contribution in [0.4, 0.5) is 5.69 Å². The van der Waals surface area contributed by atoms with Crippen molar-refractivity contribution in [3.8, 4) is 17.2 Å². The highest BCUT2D eigenvalue weighted by atomic mass is 35.5. The molecule has 0 spiro atoms. The van der Waals surface area contributed by atoms with Crippen molar-refractivity contribution in [3.63, 3.8) is 0 Å². The number of fused-ring (bicyclic) bond motifs is 1. The van der Waals surface area contributed by atoms with E-state index in [4.69, 9.17) is 20.8 Å². The predicted molar refractivity (Wildman–Crippen MR) is 105 cm³/mol. The molecule has 0 saturated carbocycles. The number of hydrogen-bond acceptors (Lipinski definition) is 4. The third-order valence-electron chi connectivity index (χ3n) is 3.86. The highest BCUT2D eigenvalue weighted by Crippen LogP contribution is 2.27. The molecule has 0 radical (unpaired) electrons. The number of carbonyl (C=O) groups excluding carboxylic acids is 1. The Labute approximate surface area is 160 Å². The molecule has 27 heavy (non-hydrogen) atoms. The van der Waals surface area contributed by atoms with Crippen LogP contribution in [0.25, 0.3) is 22.6 Å². The lowest BCUT2D eigenvalue weighted by molar-refractivity contribution is -0.118. The summed E-state index contributed by atoms with van der Waals surface area (Å²) >= 11 is 6.02. The Balaban J connectivity index is 1.47. The average molecular weight is 379 g/mol. The summed E-state index contributed by atoms with van der Waals surface area (Å²) in [4.78, 5) is 16.5. The first kappa shape index (κ1) is 17.1. The lowest BCUT2D eigenvalue weighted by Gasteiger charge is -2.07. The number of anilines is 1. The molecule has 5 nitrogen and oxygen atoms in total. The number of nitrogens with one attached hydrogen (secondary N) is 1. The van der Waals surface area contributed by atoms with Crippen molar-refractivity contribution in [2.75, 3.05) is 11.9 Å². The van der Waals surface area contributed by atoms with Gasteiger partial charge in [0.15, 0.2) is 12.2 Å². The summed E-state index contributed by atoms with van der Waals surface area (Å²) in [5, 5.41) is 3.40. The van der Waals surface area contributed by atoms with Crippen molar-refractivity contribution in [1.82, 2.24) is 4.98 Å². The standard InChI is InChI=1S/C21H15ClN2O3/c22-15-6-4-5-14(11-15)21-24-18-10-9-16(12-19(18)27-21)23-20(25)13-26-17-7-2-1-3-8-17/h1-12H,13H2,(H,23,25). The van der Waals surface area contributed by atoms with Crippen LogP contribution in [0, 0.1) is 0 Å². The molecule has 4 aromatic rings. The molecule has 0 aliphatic heterocycles. The fourth-order valence-electron chi connectivity index (χ4n) is 2.61. The lowest BCUT2D eigenvalue weighted by Crippen LogP contribution is -2.20. The van der Waals surface area contributed by atoms with Gasteiger partial charge in [0, 0.05) is 22.3 Å². The third-order valence-corrected chi connectivity index (χ3v) is 4.09. The minimum Gasteiger partial charge on any atom is -0.484 e. The molecule has 0 aliphatic carbocycles. The summed E-state index contributed by atoms with van der Waals surface area (Å²) < 4.78 is 11.2. The monoisotopic (exact) mass is 378 g/mol. The van der Waals surface area contributed by atoms with Gasteiger partial charge in [-0.2, -0.15) is 0 Å². The van der Waals surface area contributed by atoms with E-state index in [1.807, 2.05) is 30.3 Å². The number of hydrogen-bond donors (Lipinski definition) is 1. The summed E-state index contributed by atoms with van der Waals surface area (Å²) in [5.74, 6) is 0.862. The molecule has 1 heterocycles. The van der Waals surface area contributed by atoms with Crippen LogP contribution in [0.3, 0.4) is 0 Å². The number of nitrogens with zero attached hydrogens (tertiary/aromatic N) is 1. The van der Waals surface area contributed by atoms with E-state index in [1.165, 1.54) is 0 Å². The van der Waals surface area contributed by atoms with Crippen LogP contribution in [0.15, 0.2) is 77.2 Å². The number of ether oxygens (including phenoxy) is 1. The molecule has 0 bridgehead atoms. The van der Waals surface area contributed by atoms with E-state index in [1.54, 1.807) is 42.5 Å². The average Bonchev–Trinajstić information content (AvgIpc) is 3.11. The summed E-state index contributed by atoms with van der Waals surface area (Å²) in [7, 11) is 0. The smallest absolute Gasteiger partial charge is 0.262 e. The van der Waals surface area contributed by atoms with Gasteiger partial charge in [0.2, 0.25) is 5.89 Å². The second kappa shape index (κ2) is 7.51. The van der Waals surface area contributed by atoms with E-state index in [2.05, 4.69) is 10.3 Å². The Bertz CT molecular complexity index is 1090. The topological polar surface area (TPSA) is 64.4 Å². The van der Waals surface area contributed by atoms with E-state index in [0.29, 0.717) is 33.4 Å². The van der Waals surface area contributed by atoms with Crippen molar-refractivity contribution in [1.29, 1.82) is 0 Å². The van der Waals surface area contributed by atoms with Gasteiger partial charge in [-0.25, -0.2) is 4.98 Å². The molecular weight excluding hydrogens is 364 g/mol. The third kappa shape index (κ3) is 4.10. The first-order valence-corrected chi connectivity index (χ1v) is 8.69. The van der Waals surface area contributed by atoms with Crippen LogP contribution in [0.1, 0.15) is 0 Å². The van der Waals surface area contributed by atoms with Crippen molar-refractivity contribution in [3.05, 3.63) is 77.8 Å². The summed E-state index contributed by atoms with van der Waals surface area (Å²) in [5.41, 5.74) is 2.67. The molecule has 6 heteroatoms. The van der Waals surface area contributed by atoms with E-state index < -0.39 is 0 Å².